The first kappa shape index (κ1) is 12.5. The third kappa shape index (κ3) is 3.24. The zero-order valence-electron chi connectivity index (χ0n) is 9.53. The number of carbonyl (C=O) groups is 1. The number of hydrogen-bond acceptors (Lipinski definition) is 3. The molecule has 1 aromatic carbocycles. The van der Waals surface area contributed by atoms with Crippen molar-refractivity contribution in [2.45, 2.75) is 13.8 Å². The lowest BCUT2D eigenvalue weighted by atomic mass is 10.1. The van der Waals surface area contributed by atoms with Gasteiger partial charge in [-0.3, -0.25) is 0 Å². The first-order chi connectivity index (χ1) is 7.66. The average molecular weight is 224 g/mol. The fraction of sp³-hybridized carbons (Fsp3) is 0.417. The first-order valence-electron chi connectivity index (χ1n) is 5.20. The van der Waals surface area contributed by atoms with Gasteiger partial charge in [0.25, 0.3) is 0 Å². The third-order valence-electron chi connectivity index (χ3n) is 2.12. The highest BCUT2D eigenvalue weighted by molar-refractivity contribution is 5.91. The van der Waals surface area contributed by atoms with Crippen LogP contribution in [0.3, 0.4) is 0 Å². The van der Waals surface area contributed by atoms with Crippen molar-refractivity contribution in [1.29, 1.82) is 0 Å². The van der Waals surface area contributed by atoms with Crippen LogP contribution in [0, 0.1) is 6.92 Å². The predicted molar refractivity (Wildman–Crippen MR) is 60.1 cm³/mol. The monoisotopic (exact) mass is 224 g/mol. The van der Waals surface area contributed by atoms with Crippen molar-refractivity contribution < 1.29 is 19.4 Å². The summed E-state index contributed by atoms with van der Waals surface area (Å²) < 4.78 is 10.5. The molecule has 0 amide bonds. The van der Waals surface area contributed by atoms with Gasteiger partial charge in [-0.15, -0.1) is 0 Å². The van der Waals surface area contributed by atoms with Gasteiger partial charge in [-0.1, -0.05) is 12.1 Å². The fourth-order valence-electron chi connectivity index (χ4n) is 1.36. The Hall–Kier alpha value is -1.55. The van der Waals surface area contributed by atoms with Crippen LogP contribution in [0.25, 0.3) is 0 Å². The van der Waals surface area contributed by atoms with E-state index in [0.29, 0.717) is 25.6 Å². The van der Waals surface area contributed by atoms with Crippen LogP contribution in [0.4, 0.5) is 0 Å². The molecule has 0 atom stereocenters. The lowest BCUT2D eigenvalue weighted by molar-refractivity contribution is 0.0686. The van der Waals surface area contributed by atoms with E-state index in [-0.39, 0.29) is 5.56 Å². The molecule has 4 heteroatoms. The molecule has 88 valence electrons. The van der Waals surface area contributed by atoms with Gasteiger partial charge in [0, 0.05) is 6.61 Å². The van der Waals surface area contributed by atoms with Crippen LogP contribution in [0.2, 0.25) is 0 Å². The largest absolute Gasteiger partial charge is 0.490 e. The summed E-state index contributed by atoms with van der Waals surface area (Å²) in [6.45, 7) is 5.17. The van der Waals surface area contributed by atoms with Crippen molar-refractivity contribution in [3.8, 4) is 5.75 Å². The highest BCUT2D eigenvalue weighted by Crippen LogP contribution is 2.23. The maximum atomic E-state index is 11.0. The van der Waals surface area contributed by atoms with Crippen molar-refractivity contribution in [3.05, 3.63) is 29.3 Å². The minimum absolute atomic E-state index is 0.191. The molecule has 0 saturated carbocycles. The van der Waals surface area contributed by atoms with Gasteiger partial charge >= 0.3 is 5.97 Å². The summed E-state index contributed by atoms with van der Waals surface area (Å²) in [5.74, 6) is -0.551. The molecule has 1 aromatic rings. The Kier molecular flexibility index (Phi) is 4.79. The van der Waals surface area contributed by atoms with Gasteiger partial charge in [0.1, 0.15) is 17.9 Å². The molecule has 0 aliphatic carbocycles. The number of carboxylic acid groups (broad SMARTS) is 1. The summed E-state index contributed by atoms with van der Waals surface area (Å²) in [4.78, 5) is 11.0. The lowest BCUT2D eigenvalue weighted by Gasteiger charge is -2.11. The van der Waals surface area contributed by atoms with Crippen molar-refractivity contribution >= 4 is 5.97 Å². The van der Waals surface area contributed by atoms with Crippen molar-refractivity contribution in [2.75, 3.05) is 19.8 Å². The Morgan fingerprint density at radius 1 is 1.38 bits per heavy atom. The van der Waals surface area contributed by atoms with E-state index in [2.05, 4.69) is 0 Å². The SMILES string of the molecule is CCOCCOc1c(C)cccc1C(=O)O. The molecule has 1 N–H and O–H groups in total. The van der Waals surface area contributed by atoms with Gasteiger partial charge in [0.05, 0.1) is 6.61 Å². The zero-order valence-corrected chi connectivity index (χ0v) is 9.53. The molecule has 0 aromatic heterocycles. The van der Waals surface area contributed by atoms with E-state index < -0.39 is 5.97 Å². The molecule has 0 aliphatic heterocycles. The van der Waals surface area contributed by atoms with Crippen LogP contribution >= 0.6 is 0 Å². The maximum absolute atomic E-state index is 11.0. The molecule has 0 unspecified atom stereocenters. The number of para-hydroxylation sites is 1. The van der Waals surface area contributed by atoms with Crippen LogP contribution in [0.5, 0.6) is 5.75 Å². The van der Waals surface area contributed by atoms with Crippen LogP contribution in [0.1, 0.15) is 22.8 Å². The number of aromatic carboxylic acids is 1. The quantitative estimate of drug-likeness (QED) is 0.752. The molecule has 0 saturated heterocycles. The Morgan fingerprint density at radius 3 is 2.75 bits per heavy atom. The van der Waals surface area contributed by atoms with Crippen LogP contribution < -0.4 is 4.74 Å². The van der Waals surface area contributed by atoms with Gasteiger partial charge < -0.3 is 14.6 Å². The summed E-state index contributed by atoms with van der Waals surface area (Å²) in [6.07, 6.45) is 0. The van der Waals surface area contributed by atoms with Crippen molar-refractivity contribution in [1.82, 2.24) is 0 Å². The standard InChI is InChI=1S/C12H16O4/c1-3-15-7-8-16-11-9(2)5-4-6-10(11)12(13)14/h4-6H,3,7-8H2,1-2H3,(H,13,14). The molecule has 0 aliphatic rings. The summed E-state index contributed by atoms with van der Waals surface area (Å²) >= 11 is 0. The highest BCUT2D eigenvalue weighted by atomic mass is 16.5. The molecular formula is C12H16O4. The predicted octanol–water partition coefficient (Wildman–Crippen LogP) is 2.11. The Balaban J connectivity index is 2.73. The van der Waals surface area contributed by atoms with Gasteiger partial charge in [-0.25, -0.2) is 4.79 Å². The molecule has 0 bridgehead atoms. The third-order valence-corrected chi connectivity index (χ3v) is 2.12. The summed E-state index contributed by atoms with van der Waals surface area (Å²) in [7, 11) is 0. The van der Waals surface area contributed by atoms with E-state index in [1.165, 1.54) is 6.07 Å². The minimum atomic E-state index is -0.977. The Labute approximate surface area is 94.8 Å². The molecule has 1 rings (SSSR count). The zero-order chi connectivity index (χ0) is 12.0. The van der Waals surface area contributed by atoms with Crippen molar-refractivity contribution in [2.24, 2.45) is 0 Å². The normalized spacial score (nSPS) is 10.1. The first-order valence-corrected chi connectivity index (χ1v) is 5.20. The molecule has 0 radical (unpaired) electrons. The van der Waals surface area contributed by atoms with Crippen LogP contribution in [-0.4, -0.2) is 30.9 Å². The number of hydrogen-bond donors (Lipinski definition) is 1. The van der Waals surface area contributed by atoms with E-state index in [0.717, 1.165) is 5.56 Å². The average Bonchev–Trinajstić information content (AvgIpc) is 2.25. The van der Waals surface area contributed by atoms with E-state index >= 15 is 0 Å². The van der Waals surface area contributed by atoms with E-state index in [1.54, 1.807) is 6.07 Å². The smallest absolute Gasteiger partial charge is 0.339 e. The fourth-order valence-corrected chi connectivity index (χ4v) is 1.36. The summed E-state index contributed by atoms with van der Waals surface area (Å²) in [5, 5.41) is 8.98. The van der Waals surface area contributed by atoms with Crippen LogP contribution in [-0.2, 0) is 4.74 Å². The molecule has 0 spiro atoms. The van der Waals surface area contributed by atoms with Gasteiger partial charge in [-0.2, -0.15) is 0 Å². The topological polar surface area (TPSA) is 55.8 Å². The highest BCUT2D eigenvalue weighted by Gasteiger charge is 2.12. The number of rotatable bonds is 6. The maximum Gasteiger partial charge on any atom is 0.339 e. The van der Waals surface area contributed by atoms with E-state index in [1.807, 2.05) is 19.9 Å². The van der Waals surface area contributed by atoms with Gasteiger partial charge in [0.15, 0.2) is 0 Å². The molecule has 16 heavy (non-hydrogen) atoms. The number of carboxylic acids is 1. The van der Waals surface area contributed by atoms with Gasteiger partial charge in [0.2, 0.25) is 0 Å². The summed E-state index contributed by atoms with van der Waals surface area (Å²) in [6, 6.07) is 5.06. The molecule has 4 nitrogen and oxygen atoms in total. The Bertz CT molecular complexity index is 360. The van der Waals surface area contributed by atoms with Crippen LogP contribution in [0.15, 0.2) is 18.2 Å². The van der Waals surface area contributed by atoms with Gasteiger partial charge in [-0.05, 0) is 25.5 Å². The van der Waals surface area contributed by atoms with E-state index in [9.17, 15) is 4.79 Å². The van der Waals surface area contributed by atoms with E-state index in [4.69, 9.17) is 14.6 Å². The molecular weight excluding hydrogens is 208 g/mol. The number of ether oxygens (including phenoxy) is 2. The molecule has 0 heterocycles. The second-order valence-corrected chi connectivity index (χ2v) is 3.30. The van der Waals surface area contributed by atoms with Crippen molar-refractivity contribution in [3.63, 3.8) is 0 Å². The number of benzene rings is 1. The Morgan fingerprint density at radius 2 is 2.12 bits per heavy atom. The molecule has 0 fully saturated rings. The minimum Gasteiger partial charge on any atom is -0.490 e. The second-order valence-electron chi connectivity index (χ2n) is 3.30. The lowest BCUT2D eigenvalue weighted by Crippen LogP contribution is -2.10. The number of aryl methyl sites for hydroxylation is 1. The second kappa shape index (κ2) is 6.12. The summed E-state index contributed by atoms with van der Waals surface area (Å²) in [5.41, 5.74) is 1.01.